The monoisotopic (exact) mass is 349 g/mol. The number of para-hydroxylation sites is 2. The zero-order valence-electron chi connectivity index (χ0n) is 15.4. The van der Waals surface area contributed by atoms with Gasteiger partial charge in [-0.05, 0) is 30.7 Å². The fraction of sp³-hybridized carbons (Fsp3) is 0.318. The lowest BCUT2D eigenvalue weighted by Gasteiger charge is -2.09. The van der Waals surface area contributed by atoms with Gasteiger partial charge in [-0.3, -0.25) is 5.10 Å². The molecule has 4 heteroatoms. The number of ether oxygens (including phenoxy) is 1. The smallest absolute Gasteiger partial charge is 0.128 e. The first-order chi connectivity index (χ1) is 12.8. The Labute approximate surface area is 155 Å². The minimum Gasteiger partial charge on any atom is -0.493 e. The molecule has 3 aromatic rings. The molecule has 136 valence electrons. The number of aromatic nitrogens is 2. The first kappa shape index (κ1) is 18.1. The van der Waals surface area contributed by atoms with E-state index in [0.29, 0.717) is 0 Å². The van der Waals surface area contributed by atoms with Crippen molar-refractivity contribution in [2.45, 2.75) is 39.0 Å². The van der Waals surface area contributed by atoms with Crippen LogP contribution < -0.4 is 10.5 Å². The number of hydrogen-bond donors (Lipinski definition) is 2. The lowest BCUT2D eigenvalue weighted by Crippen LogP contribution is -1.98. The number of anilines is 1. The van der Waals surface area contributed by atoms with E-state index in [4.69, 9.17) is 10.5 Å². The van der Waals surface area contributed by atoms with Crippen LogP contribution >= 0.6 is 0 Å². The minimum atomic E-state index is 0.735. The highest BCUT2D eigenvalue weighted by Gasteiger charge is 2.12. The number of nitrogens with zero attached hydrogens (tertiary/aromatic N) is 1. The Morgan fingerprint density at radius 2 is 1.65 bits per heavy atom. The average molecular weight is 349 g/mol. The van der Waals surface area contributed by atoms with Crippen LogP contribution in [0.1, 0.15) is 39.0 Å². The van der Waals surface area contributed by atoms with Crippen LogP contribution in [-0.4, -0.2) is 16.8 Å². The van der Waals surface area contributed by atoms with E-state index in [1.165, 1.54) is 25.7 Å². The van der Waals surface area contributed by atoms with Crippen LogP contribution in [0.15, 0.2) is 54.6 Å². The summed E-state index contributed by atoms with van der Waals surface area (Å²) in [5.41, 5.74) is 10.5. The molecule has 26 heavy (non-hydrogen) atoms. The third-order valence-electron chi connectivity index (χ3n) is 4.50. The summed E-state index contributed by atoms with van der Waals surface area (Å²) in [5.74, 6) is 0.877. The molecule has 0 amide bonds. The summed E-state index contributed by atoms with van der Waals surface area (Å²) < 4.78 is 6.03. The average Bonchev–Trinajstić information content (AvgIpc) is 3.15. The summed E-state index contributed by atoms with van der Waals surface area (Å²) in [6.07, 6.45) is 6.14. The maximum Gasteiger partial charge on any atom is 0.128 e. The molecule has 0 aliphatic rings. The van der Waals surface area contributed by atoms with Crippen LogP contribution in [0, 0.1) is 0 Å². The largest absolute Gasteiger partial charge is 0.493 e. The Hall–Kier alpha value is -2.75. The fourth-order valence-electron chi connectivity index (χ4n) is 3.03. The molecule has 0 aliphatic heterocycles. The zero-order valence-corrected chi connectivity index (χ0v) is 15.4. The quantitative estimate of drug-likeness (QED) is 0.386. The number of rotatable bonds is 9. The number of hydrogen-bond acceptors (Lipinski definition) is 3. The number of nitrogens with two attached hydrogens (primary N) is 1. The van der Waals surface area contributed by atoms with Gasteiger partial charge in [0.05, 0.1) is 18.0 Å². The molecule has 0 bridgehead atoms. The Bertz CT molecular complexity index is 826. The summed E-state index contributed by atoms with van der Waals surface area (Å²) in [4.78, 5) is 0. The molecular formula is C22H27N3O. The molecule has 4 nitrogen and oxygen atoms in total. The van der Waals surface area contributed by atoms with Gasteiger partial charge >= 0.3 is 0 Å². The third-order valence-corrected chi connectivity index (χ3v) is 4.50. The van der Waals surface area contributed by atoms with Gasteiger partial charge in [0.15, 0.2) is 0 Å². The molecule has 2 aromatic carbocycles. The van der Waals surface area contributed by atoms with E-state index in [-0.39, 0.29) is 0 Å². The van der Waals surface area contributed by atoms with Crippen LogP contribution in [-0.2, 0) is 0 Å². The van der Waals surface area contributed by atoms with Gasteiger partial charge in [0.2, 0.25) is 0 Å². The molecule has 3 rings (SSSR count). The molecule has 0 spiro atoms. The number of H-pyrrole nitrogens is 1. The van der Waals surface area contributed by atoms with Crippen LogP contribution in [0.4, 0.5) is 5.69 Å². The van der Waals surface area contributed by atoms with E-state index in [0.717, 1.165) is 47.0 Å². The number of nitrogen functional groups attached to an aromatic ring is 1. The Kier molecular flexibility index (Phi) is 6.31. The molecule has 0 unspecified atom stereocenters. The van der Waals surface area contributed by atoms with E-state index in [1.54, 1.807) is 0 Å². The second-order valence-electron chi connectivity index (χ2n) is 6.51. The normalized spacial score (nSPS) is 10.8. The van der Waals surface area contributed by atoms with Crippen LogP contribution in [0.5, 0.6) is 5.75 Å². The Morgan fingerprint density at radius 1 is 0.923 bits per heavy atom. The SMILES string of the molecule is CCCCCCCOc1ccccc1-c1cc(-c2ccccc2N)[nH]n1. The van der Waals surface area contributed by atoms with Gasteiger partial charge in [-0.25, -0.2) is 0 Å². The maximum atomic E-state index is 6.07. The van der Waals surface area contributed by atoms with Gasteiger partial charge in [-0.1, -0.05) is 62.9 Å². The Morgan fingerprint density at radius 3 is 2.46 bits per heavy atom. The van der Waals surface area contributed by atoms with E-state index < -0.39 is 0 Å². The number of benzene rings is 2. The third kappa shape index (κ3) is 4.45. The molecule has 0 atom stereocenters. The van der Waals surface area contributed by atoms with Crippen molar-refractivity contribution in [1.29, 1.82) is 0 Å². The van der Waals surface area contributed by atoms with Crippen molar-refractivity contribution in [3.63, 3.8) is 0 Å². The van der Waals surface area contributed by atoms with Crippen molar-refractivity contribution in [3.8, 4) is 28.3 Å². The van der Waals surface area contributed by atoms with Gasteiger partial charge < -0.3 is 10.5 Å². The van der Waals surface area contributed by atoms with Crippen molar-refractivity contribution in [2.24, 2.45) is 0 Å². The molecular weight excluding hydrogens is 322 g/mol. The molecule has 0 radical (unpaired) electrons. The first-order valence-corrected chi connectivity index (χ1v) is 9.42. The molecule has 0 saturated heterocycles. The van der Waals surface area contributed by atoms with Gasteiger partial charge in [0.1, 0.15) is 5.75 Å². The summed E-state index contributed by atoms with van der Waals surface area (Å²) in [5, 5.41) is 7.57. The second-order valence-corrected chi connectivity index (χ2v) is 6.51. The van der Waals surface area contributed by atoms with Crippen molar-refractivity contribution in [3.05, 3.63) is 54.6 Å². The van der Waals surface area contributed by atoms with Gasteiger partial charge in [0, 0.05) is 16.8 Å². The highest BCUT2D eigenvalue weighted by molar-refractivity contribution is 5.77. The standard InChI is InChI=1S/C22H27N3O/c1-2-3-4-5-10-15-26-22-14-9-7-12-18(22)21-16-20(24-25-21)17-11-6-8-13-19(17)23/h6-9,11-14,16H,2-5,10,15,23H2,1H3,(H,24,25). The van der Waals surface area contributed by atoms with E-state index >= 15 is 0 Å². The van der Waals surface area contributed by atoms with Crippen molar-refractivity contribution in [2.75, 3.05) is 12.3 Å². The number of aromatic amines is 1. The Balaban J connectivity index is 1.71. The number of unbranched alkanes of at least 4 members (excludes halogenated alkanes) is 4. The van der Waals surface area contributed by atoms with Crippen LogP contribution in [0.2, 0.25) is 0 Å². The molecule has 0 aliphatic carbocycles. The molecule has 0 saturated carbocycles. The van der Waals surface area contributed by atoms with Crippen molar-refractivity contribution >= 4 is 5.69 Å². The fourth-order valence-corrected chi connectivity index (χ4v) is 3.03. The molecule has 0 fully saturated rings. The molecule has 1 aromatic heterocycles. The summed E-state index contributed by atoms with van der Waals surface area (Å²) >= 11 is 0. The zero-order chi connectivity index (χ0) is 18.2. The molecule has 3 N–H and O–H groups in total. The van der Waals surface area contributed by atoms with E-state index in [2.05, 4.69) is 17.1 Å². The van der Waals surface area contributed by atoms with Crippen molar-refractivity contribution in [1.82, 2.24) is 10.2 Å². The topological polar surface area (TPSA) is 63.9 Å². The summed E-state index contributed by atoms with van der Waals surface area (Å²) in [6.45, 7) is 2.97. The van der Waals surface area contributed by atoms with Crippen LogP contribution in [0.25, 0.3) is 22.5 Å². The maximum absolute atomic E-state index is 6.07. The molecule has 1 heterocycles. The lowest BCUT2D eigenvalue weighted by atomic mass is 10.1. The lowest BCUT2D eigenvalue weighted by molar-refractivity contribution is 0.305. The summed E-state index contributed by atoms with van der Waals surface area (Å²) in [6, 6.07) is 17.9. The van der Waals surface area contributed by atoms with Gasteiger partial charge in [-0.15, -0.1) is 0 Å². The highest BCUT2D eigenvalue weighted by atomic mass is 16.5. The van der Waals surface area contributed by atoms with Crippen LogP contribution in [0.3, 0.4) is 0 Å². The second kappa shape index (κ2) is 9.09. The highest BCUT2D eigenvalue weighted by Crippen LogP contribution is 2.32. The first-order valence-electron chi connectivity index (χ1n) is 9.42. The van der Waals surface area contributed by atoms with Crippen molar-refractivity contribution < 1.29 is 4.74 Å². The summed E-state index contributed by atoms with van der Waals surface area (Å²) in [7, 11) is 0. The van der Waals surface area contributed by atoms with Gasteiger partial charge in [-0.2, -0.15) is 5.10 Å². The minimum absolute atomic E-state index is 0.735. The van der Waals surface area contributed by atoms with E-state index in [9.17, 15) is 0 Å². The predicted octanol–water partition coefficient (Wildman–Crippen LogP) is 5.68. The van der Waals surface area contributed by atoms with E-state index in [1.807, 2.05) is 54.6 Å². The predicted molar refractivity (Wildman–Crippen MR) is 108 cm³/mol. The number of nitrogens with one attached hydrogen (secondary N) is 1. The van der Waals surface area contributed by atoms with Gasteiger partial charge in [0.25, 0.3) is 0 Å².